The molecule has 1 aromatic heterocycles. The van der Waals surface area contributed by atoms with E-state index in [0.717, 1.165) is 0 Å². The summed E-state index contributed by atoms with van der Waals surface area (Å²) in [6.45, 7) is 4.48. The number of hydrogen-bond acceptors (Lipinski definition) is 4. The third-order valence-electron chi connectivity index (χ3n) is 5.67. The maximum atomic E-state index is 14.7. The summed E-state index contributed by atoms with van der Waals surface area (Å²) in [5.74, 6) is -0.873. The van der Waals surface area contributed by atoms with E-state index in [-0.39, 0.29) is 24.8 Å². The predicted octanol–water partition coefficient (Wildman–Crippen LogP) is 4.50. The molecule has 2 heterocycles. The lowest BCUT2D eigenvalue weighted by atomic mass is 9.70. The Morgan fingerprint density at radius 3 is 2.88 bits per heavy atom. The molecule has 1 fully saturated rings. The monoisotopic (exact) mass is 360 g/mol. The lowest BCUT2D eigenvalue weighted by Gasteiger charge is -2.43. The second kappa shape index (κ2) is 7.08. The number of furan rings is 1. The molecular formula is C20H22F2N2O2. The van der Waals surface area contributed by atoms with Crippen LogP contribution in [0.1, 0.15) is 25.8 Å². The van der Waals surface area contributed by atoms with E-state index in [0.29, 0.717) is 29.7 Å². The van der Waals surface area contributed by atoms with Crippen molar-refractivity contribution in [1.29, 1.82) is 5.26 Å². The van der Waals surface area contributed by atoms with E-state index in [1.165, 1.54) is 24.7 Å². The molecule has 0 spiro atoms. The molecule has 0 radical (unpaired) electrons. The third kappa shape index (κ3) is 3.32. The van der Waals surface area contributed by atoms with Gasteiger partial charge in [-0.25, -0.2) is 8.78 Å². The van der Waals surface area contributed by atoms with Crippen LogP contribution in [0.4, 0.5) is 8.78 Å². The molecular weight excluding hydrogens is 338 g/mol. The zero-order valence-electron chi connectivity index (χ0n) is 14.9. The summed E-state index contributed by atoms with van der Waals surface area (Å²) < 4.78 is 34.2. The highest BCUT2D eigenvalue weighted by Crippen LogP contribution is 2.41. The molecule has 1 aromatic carbocycles. The van der Waals surface area contributed by atoms with Crippen LogP contribution >= 0.6 is 0 Å². The van der Waals surface area contributed by atoms with Crippen molar-refractivity contribution in [1.82, 2.24) is 4.90 Å². The van der Waals surface area contributed by atoms with Gasteiger partial charge in [-0.15, -0.1) is 0 Å². The van der Waals surface area contributed by atoms with Crippen LogP contribution in [0.2, 0.25) is 0 Å². The van der Waals surface area contributed by atoms with Crippen molar-refractivity contribution >= 4 is 0 Å². The van der Waals surface area contributed by atoms with E-state index in [2.05, 4.69) is 6.07 Å². The lowest BCUT2D eigenvalue weighted by Crippen LogP contribution is -2.49. The number of nitrogens with zero attached hydrogens (tertiary/aromatic N) is 2. The fourth-order valence-electron chi connectivity index (χ4n) is 3.48. The van der Waals surface area contributed by atoms with Gasteiger partial charge in [0, 0.05) is 35.2 Å². The summed E-state index contributed by atoms with van der Waals surface area (Å²) in [7, 11) is 0. The molecule has 3 unspecified atom stereocenters. The molecule has 0 aliphatic carbocycles. The van der Waals surface area contributed by atoms with Crippen molar-refractivity contribution in [3.05, 3.63) is 42.1 Å². The largest absolute Gasteiger partial charge is 0.507 e. The first kappa shape index (κ1) is 18.4. The van der Waals surface area contributed by atoms with E-state index in [1.54, 1.807) is 19.9 Å². The second-order valence-corrected chi connectivity index (χ2v) is 7.28. The number of phenolic OH excluding ortho intramolecular Hbond substituents is 1. The number of phenols is 1. The first-order valence-electron chi connectivity index (χ1n) is 8.65. The van der Waals surface area contributed by atoms with Crippen molar-refractivity contribution in [2.24, 2.45) is 11.3 Å². The van der Waals surface area contributed by atoms with E-state index in [1.807, 2.05) is 4.90 Å². The van der Waals surface area contributed by atoms with Gasteiger partial charge in [-0.3, -0.25) is 4.90 Å². The molecule has 1 N–H and O–H groups in total. The number of hydrogen-bond donors (Lipinski definition) is 1. The molecule has 0 saturated carbocycles. The zero-order chi connectivity index (χ0) is 18.9. The van der Waals surface area contributed by atoms with Crippen molar-refractivity contribution in [3.8, 4) is 22.9 Å². The summed E-state index contributed by atoms with van der Waals surface area (Å²) >= 11 is 0. The van der Waals surface area contributed by atoms with Gasteiger partial charge in [0.15, 0.2) is 0 Å². The SMILES string of the molecule is CC(C#N)C1(C)CCN(Cc2cc(O)c(-c3ccoc3)cc2F)CC1F. The van der Waals surface area contributed by atoms with Crippen LogP contribution in [0, 0.1) is 28.5 Å². The average Bonchev–Trinajstić information content (AvgIpc) is 3.14. The van der Waals surface area contributed by atoms with Gasteiger partial charge >= 0.3 is 0 Å². The minimum absolute atomic E-state index is 0.0421. The molecule has 26 heavy (non-hydrogen) atoms. The molecule has 1 aliphatic heterocycles. The zero-order valence-corrected chi connectivity index (χ0v) is 14.9. The molecule has 1 saturated heterocycles. The Morgan fingerprint density at radius 1 is 1.50 bits per heavy atom. The summed E-state index contributed by atoms with van der Waals surface area (Å²) in [5, 5.41) is 19.3. The van der Waals surface area contributed by atoms with Crippen molar-refractivity contribution < 1.29 is 18.3 Å². The Kier molecular flexibility index (Phi) is 5.01. The van der Waals surface area contributed by atoms with E-state index >= 15 is 0 Å². The van der Waals surface area contributed by atoms with Gasteiger partial charge in [0.1, 0.15) is 17.7 Å². The first-order valence-corrected chi connectivity index (χ1v) is 8.65. The highest BCUT2D eigenvalue weighted by atomic mass is 19.1. The van der Waals surface area contributed by atoms with Crippen LogP contribution in [0.5, 0.6) is 5.75 Å². The van der Waals surface area contributed by atoms with Crippen LogP contribution in [0.15, 0.2) is 35.1 Å². The minimum atomic E-state index is -1.16. The minimum Gasteiger partial charge on any atom is -0.507 e. The summed E-state index contributed by atoms with van der Waals surface area (Å²) in [6.07, 6.45) is 2.26. The fraction of sp³-hybridized carbons (Fsp3) is 0.450. The highest BCUT2D eigenvalue weighted by Gasteiger charge is 2.43. The quantitative estimate of drug-likeness (QED) is 0.872. The summed E-state index contributed by atoms with van der Waals surface area (Å²) in [4.78, 5) is 1.83. The van der Waals surface area contributed by atoms with E-state index in [9.17, 15) is 13.9 Å². The van der Waals surface area contributed by atoms with Gasteiger partial charge in [0.05, 0.1) is 24.5 Å². The van der Waals surface area contributed by atoms with Crippen molar-refractivity contribution in [2.45, 2.75) is 33.0 Å². The average molecular weight is 360 g/mol. The number of likely N-dealkylation sites (tertiary alicyclic amines) is 1. The van der Waals surface area contributed by atoms with E-state index < -0.39 is 17.4 Å². The normalized spacial score (nSPS) is 25.0. The molecule has 6 heteroatoms. The van der Waals surface area contributed by atoms with Crippen LogP contribution in [-0.4, -0.2) is 29.3 Å². The number of nitriles is 1. The van der Waals surface area contributed by atoms with Gasteiger partial charge < -0.3 is 9.52 Å². The van der Waals surface area contributed by atoms with Gasteiger partial charge in [-0.05, 0) is 38.1 Å². The fourth-order valence-corrected chi connectivity index (χ4v) is 3.48. The summed E-state index contributed by atoms with van der Waals surface area (Å²) in [5.41, 5.74) is 0.587. The second-order valence-electron chi connectivity index (χ2n) is 7.28. The number of benzene rings is 1. The van der Waals surface area contributed by atoms with Gasteiger partial charge in [-0.2, -0.15) is 5.26 Å². The Balaban J connectivity index is 1.75. The maximum absolute atomic E-state index is 14.7. The molecule has 138 valence electrons. The Bertz CT molecular complexity index is 816. The number of piperidine rings is 1. The van der Waals surface area contributed by atoms with E-state index in [4.69, 9.17) is 9.68 Å². The maximum Gasteiger partial charge on any atom is 0.128 e. The van der Waals surface area contributed by atoms with Gasteiger partial charge in [0.2, 0.25) is 0 Å². The van der Waals surface area contributed by atoms with Crippen LogP contribution < -0.4 is 0 Å². The lowest BCUT2D eigenvalue weighted by molar-refractivity contribution is -0.00595. The number of rotatable bonds is 4. The van der Waals surface area contributed by atoms with Crippen LogP contribution in [0.25, 0.3) is 11.1 Å². The Hall–Kier alpha value is -2.39. The number of aromatic hydroxyl groups is 1. The molecule has 3 rings (SSSR count). The number of halogens is 2. The molecule has 4 nitrogen and oxygen atoms in total. The van der Waals surface area contributed by atoms with Gasteiger partial charge in [0.25, 0.3) is 0 Å². The van der Waals surface area contributed by atoms with Crippen molar-refractivity contribution in [2.75, 3.05) is 13.1 Å². The molecule has 3 atom stereocenters. The predicted molar refractivity (Wildman–Crippen MR) is 93.4 cm³/mol. The molecule has 1 aliphatic rings. The molecule has 2 aromatic rings. The van der Waals surface area contributed by atoms with Crippen LogP contribution in [-0.2, 0) is 6.54 Å². The highest BCUT2D eigenvalue weighted by molar-refractivity contribution is 5.69. The topological polar surface area (TPSA) is 60.4 Å². The van der Waals surface area contributed by atoms with Crippen LogP contribution in [0.3, 0.4) is 0 Å². The summed E-state index contributed by atoms with van der Waals surface area (Å²) in [6, 6.07) is 6.45. The molecule has 0 bridgehead atoms. The number of alkyl halides is 1. The van der Waals surface area contributed by atoms with Gasteiger partial charge in [-0.1, -0.05) is 6.92 Å². The third-order valence-corrected chi connectivity index (χ3v) is 5.67. The smallest absolute Gasteiger partial charge is 0.128 e. The standard InChI is InChI=1S/C20H22F2N2O2/c1-13(9-23)20(2)4-5-24(11-19(20)22)10-15-7-18(25)16(8-17(15)21)14-3-6-26-12-14/h3,6-8,12-13,19,25H,4-5,10-11H2,1-2H3. The van der Waals surface area contributed by atoms with Crippen molar-refractivity contribution in [3.63, 3.8) is 0 Å². The molecule has 0 amide bonds. The first-order chi connectivity index (χ1) is 12.3. The Labute approximate surface area is 151 Å². The Morgan fingerprint density at radius 2 is 2.27 bits per heavy atom.